The SMILES string of the molecule is C=CC[NH+]1CC[NH+]([C@H](c2ccc(OC)c(OC)c2)c2nnnn2C2CCCC2)CC1. The van der Waals surface area contributed by atoms with Crippen LogP contribution in [0.5, 0.6) is 11.5 Å². The molecular weight excluding hydrogens is 380 g/mol. The lowest BCUT2D eigenvalue weighted by molar-refractivity contribution is -1.02. The number of tetrazole rings is 1. The molecule has 2 N–H and O–H groups in total. The molecule has 0 radical (unpaired) electrons. The number of nitrogens with one attached hydrogen (secondary N) is 2. The van der Waals surface area contributed by atoms with Gasteiger partial charge in [0.15, 0.2) is 17.5 Å². The monoisotopic (exact) mass is 414 g/mol. The van der Waals surface area contributed by atoms with Crippen LogP contribution in [0.3, 0.4) is 0 Å². The van der Waals surface area contributed by atoms with Crippen LogP contribution < -0.4 is 19.3 Å². The molecule has 8 nitrogen and oxygen atoms in total. The molecule has 0 bridgehead atoms. The van der Waals surface area contributed by atoms with E-state index in [1.54, 1.807) is 19.1 Å². The second-order valence-corrected chi connectivity index (χ2v) is 8.37. The number of quaternary nitrogens is 2. The minimum atomic E-state index is 0.0747. The van der Waals surface area contributed by atoms with Crippen LogP contribution >= 0.6 is 0 Å². The first kappa shape index (κ1) is 20.8. The molecule has 1 atom stereocenters. The van der Waals surface area contributed by atoms with Gasteiger partial charge in [0.1, 0.15) is 26.2 Å². The fourth-order valence-electron chi connectivity index (χ4n) is 5.02. The second-order valence-electron chi connectivity index (χ2n) is 8.37. The van der Waals surface area contributed by atoms with Crippen LogP contribution in [-0.4, -0.2) is 67.2 Å². The number of methoxy groups -OCH3 is 2. The molecule has 2 aromatic rings. The second kappa shape index (κ2) is 9.57. The molecular formula is C22H34N6O2+2. The number of benzene rings is 1. The highest BCUT2D eigenvalue weighted by Gasteiger charge is 2.37. The van der Waals surface area contributed by atoms with E-state index >= 15 is 0 Å². The van der Waals surface area contributed by atoms with E-state index in [1.165, 1.54) is 23.3 Å². The molecule has 0 spiro atoms. The van der Waals surface area contributed by atoms with E-state index < -0.39 is 0 Å². The van der Waals surface area contributed by atoms with Crippen molar-refractivity contribution < 1.29 is 19.3 Å². The van der Waals surface area contributed by atoms with Crippen molar-refractivity contribution in [2.75, 3.05) is 46.9 Å². The minimum absolute atomic E-state index is 0.0747. The van der Waals surface area contributed by atoms with Crippen LogP contribution in [-0.2, 0) is 0 Å². The van der Waals surface area contributed by atoms with Crippen molar-refractivity contribution in [3.05, 3.63) is 42.2 Å². The number of nitrogens with zero attached hydrogens (tertiary/aromatic N) is 4. The molecule has 1 saturated heterocycles. The van der Waals surface area contributed by atoms with Gasteiger partial charge in [0, 0.05) is 5.56 Å². The summed E-state index contributed by atoms with van der Waals surface area (Å²) in [5, 5.41) is 13.1. The van der Waals surface area contributed by atoms with Crippen LogP contribution in [0.4, 0.5) is 0 Å². The first-order valence-electron chi connectivity index (χ1n) is 11.0. The fraction of sp³-hybridized carbons (Fsp3) is 0.591. The van der Waals surface area contributed by atoms with Crippen molar-refractivity contribution in [2.24, 2.45) is 0 Å². The Balaban J connectivity index is 1.69. The zero-order valence-electron chi connectivity index (χ0n) is 18.1. The summed E-state index contributed by atoms with van der Waals surface area (Å²) in [6.07, 6.45) is 6.84. The maximum atomic E-state index is 5.60. The molecule has 1 aromatic carbocycles. The van der Waals surface area contributed by atoms with Crippen molar-refractivity contribution in [1.29, 1.82) is 0 Å². The van der Waals surface area contributed by atoms with Gasteiger partial charge in [-0.05, 0) is 47.5 Å². The Morgan fingerprint density at radius 2 is 1.87 bits per heavy atom. The van der Waals surface area contributed by atoms with Crippen LogP contribution in [0.25, 0.3) is 0 Å². The zero-order chi connectivity index (χ0) is 20.9. The summed E-state index contributed by atoms with van der Waals surface area (Å²) in [7, 11) is 3.35. The summed E-state index contributed by atoms with van der Waals surface area (Å²) in [5.41, 5.74) is 1.17. The Labute approximate surface area is 178 Å². The molecule has 30 heavy (non-hydrogen) atoms. The molecule has 2 fully saturated rings. The predicted octanol–water partition coefficient (Wildman–Crippen LogP) is -0.136. The van der Waals surface area contributed by atoms with Crippen molar-refractivity contribution in [2.45, 2.75) is 37.8 Å². The normalized spacial score (nSPS) is 23.3. The van der Waals surface area contributed by atoms with Gasteiger partial charge in [-0.3, -0.25) is 0 Å². The van der Waals surface area contributed by atoms with E-state index in [0.29, 0.717) is 6.04 Å². The first-order valence-corrected chi connectivity index (χ1v) is 11.0. The van der Waals surface area contributed by atoms with Gasteiger partial charge in [0.2, 0.25) is 5.82 Å². The van der Waals surface area contributed by atoms with Gasteiger partial charge < -0.3 is 19.3 Å². The molecule has 0 unspecified atom stereocenters. The van der Waals surface area contributed by atoms with Crippen LogP contribution in [0.1, 0.15) is 49.2 Å². The Bertz CT molecular complexity index is 840. The predicted molar refractivity (Wildman–Crippen MR) is 113 cm³/mol. The molecule has 1 saturated carbocycles. The zero-order valence-corrected chi connectivity index (χ0v) is 18.1. The van der Waals surface area contributed by atoms with Crippen LogP contribution in [0.2, 0.25) is 0 Å². The molecule has 1 aliphatic carbocycles. The van der Waals surface area contributed by atoms with Gasteiger partial charge in [0.25, 0.3) is 0 Å². The van der Waals surface area contributed by atoms with Gasteiger partial charge in [-0.2, -0.15) is 0 Å². The fourth-order valence-corrected chi connectivity index (χ4v) is 5.02. The van der Waals surface area contributed by atoms with E-state index in [9.17, 15) is 0 Å². The number of rotatable bonds is 8. The quantitative estimate of drug-likeness (QED) is 0.589. The molecule has 8 heteroatoms. The number of hydrogen-bond donors (Lipinski definition) is 2. The Morgan fingerprint density at radius 1 is 1.13 bits per heavy atom. The number of ether oxygens (including phenoxy) is 2. The number of piperazine rings is 1. The summed E-state index contributed by atoms with van der Waals surface area (Å²) in [5.74, 6) is 2.46. The minimum Gasteiger partial charge on any atom is -0.493 e. The van der Waals surface area contributed by atoms with E-state index in [1.807, 2.05) is 12.1 Å². The van der Waals surface area contributed by atoms with E-state index in [4.69, 9.17) is 9.47 Å². The maximum absolute atomic E-state index is 5.60. The van der Waals surface area contributed by atoms with E-state index in [-0.39, 0.29) is 6.04 Å². The molecule has 1 aromatic heterocycles. The van der Waals surface area contributed by atoms with Gasteiger partial charge in [-0.15, -0.1) is 5.10 Å². The van der Waals surface area contributed by atoms with Gasteiger partial charge in [-0.1, -0.05) is 19.4 Å². The summed E-state index contributed by atoms with van der Waals surface area (Å²) < 4.78 is 13.2. The third kappa shape index (κ3) is 4.20. The summed E-state index contributed by atoms with van der Waals surface area (Å²) in [6, 6.07) is 6.70. The molecule has 162 valence electrons. The van der Waals surface area contributed by atoms with Crippen LogP contribution in [0, 0.1) is 0 Å². The molecule has 2 heterocycles. The smallest absolute Gasteiger partial charge is 0.214 e. The standard InChI is InChI=1S/C22H32N6O2/c1-4-11-26-12-14-27(15-13-26)21(17-9-10-19(29-2)20(16-17)30-3)22-23-24-25-28(22)18-7-5-6-8-18/h4,9-10,16,18,21H,1,5-8,11-15H2,2-3H3/p+2/t21-/m1/s1. The average molecular weight is 415 g/mol. The third-order valence-corrected chi connectivity index (χ3v) is 6.63. The number of aromatic nitrogens is 4. The molecule has 4 rings (SSSR count). The lowest BCUT2D eigenvalue weighted by atomic mass is 10.0. The van der Waals surface area contributed by atoms with Crippen molar-refractivity contribution in [3.63, 3.8) is 0 Å². The Hall–Kier alpha value is -2.45. The topological polar surface area (TPSA) is 70.9 Å². The third-order valence-electron chi connectivity index (χ3n) is 6.63. The van der Waals surface area contributed by atoms with Gasteiger partial charge in [-0.25, -0.2) is 4.68 Å². The van der Waals surface area contributed by atoms with Crippen LogP contribution in [0.15, 0.2) is 30.9 Å². The van der Waals surface area contributed by atoms with Gasteiger partial charge >= 0.3 is 0 Å². The van der Waals surface area contributed by atoms with Crippen molar-refractivity contribution in [1.82, 2.24) is 20.2 Å². The van der Waals surface area contributed by atoms with Gasteiger partial charge in [0.05, 0.1) is 26.8 Å². The highest BCUT2D eigenvalue weighted by molar-refractivity contribution is 5.44. The molecule has 1 aliphatic heterocycles. The average Bonchev–Trinajstić information content (AvgIpc) is 3.47. The Morgan fingerprint density at radius 3 is 2.53 bits per heavy atom. The number of hydrogen-bond acceptors (Lipinski definition) is 5. The summed E-state index contributed by atoms with van der Waals surface area (Å²) in [6.45, 7) is 9.31. The van der Waals surface area contributed by atoms with Crippen molar-refractivity contribution in [3.8, 4) is 11.5 Å². The van der Waals surface area contributed by atoms with E-state index in [2.05, 4.69) is 38.9 Å². The lowest BCUT2D eigenvalue weighted by Crippen LogP contribution is -3.28. The summed E-state index contributed by atoms with van der Waals surface area (Å²) in [4.78, 5) is 3.10. The van der Waals surface area contributed by atoms with Crippen molar-refractivity contribution >= 4 is 0 Å². The molecule has 0 amide bonds. The highest BCUT2D eigenvalue weighted by atomic mass is 16.5. The molecule has 2 aliphatic rings. The lowest BCUT2D eigenvalue weighted by Gasteiger charge is -2.34. The Kier molecular flexibility index (Phi) is 6.64. The maximum Gasteiger partial charge on any atom is 0.214 e. The highest BCUT2D eigenvalue weighted by Crippen LogP contribution is 2.33. The first-order chi connectivity index (χ1) is 14.7. The summed E-state index contributed by atoms with van der Waals surface area (Å²) >= 11 is 0. The largest absolute Gasteiger partial charge is 0.493 e. The van der Waals surface area contributed by atoms with E-state index in [0.717, 1.165) is 62.9 Å².